The van der Waals surface area contributed by atoms with Crippen molar-refractivity contribution in [1.29, 1.82) is 0 Å². The first-order valence-electron chi connectivity index (χ1n) is 4.18. The summed E-state index contributed by atoms with van der Waals surface area (Å²) in [5.74, 6) is -0.357. The van der Waals surface area contributed by atoms with E-state index >= 15 is 0 Å². The van der Waals surface area contributed by atoms with Gasteiger partial charge < -0.3 is 0 Å². The molecule has 3 nitrogen and oxygen atoms in total. The Balaban J connectivity index is 2.55. The number of rotatable bonds is 1. The average molecular weight is 225 g/mol. The van der Waals surface area contributed by atoms with Gasteiger partial charge in [0.1, 0.15) is 16.7 Å². The molecule has 0 amide bonds. The second-order valence-electron chi connectivity index (χ2n) is 2.94. The van der Waals surface area contributed by atoms with Gasteiger partial charge in [-0.1, -0.05) is 11.6 Å². The normalized spacial score (nSPS) is 10.3. The van der Waals surface area contributed by atoms with Gasteiger partial charge in [-0.2, -0.15) is 5.10 Å². The molecule has 1 aromatic heterocycles. The van der Waals surface area contributed by atoms with Crippen LogP contribution in [0.15, 0.2) is 35.1 Å². The molecule has 0 aliphatic heterocycles. The van der Waals surface area contributed by atoms with E-state index in [0.29, 0.717) is 5.56 Å². The molecule has 0 saturated heterocycles. The molecule has 1 aromatic carbocycles. The standard InChI is InChI=1S/C10H6ClFN2O/c11-9-5-8(15)10(14-13-9)6-1-3-7(12)4-2-6/h1-5H,(H,13,15). The molecular formula is C10H6ClFN2O. The summed E-state index contributed by atoms with van der Waals surface area (Å²) in [6.07, 6.45) is 0. The molecule has 1 heterocycles. The molecule has 0 aliphatic rings. The number of aromatic amines is 1. The largest absolute Gasteiger partial charge is 0.287 e. The fourth-order valence-electron chi connectivity index (χ4n) is 1.19. The minimum Gasteiger partial charge on any atom is -0.287 e. The molecule has 0 bridgehead atoms. The van der Waals surface area contributed by atoms with Gasteiger partial charge in [0.25, 0.3) is 0 Å². The molecule has 2 aromatic rings. The molecule has 0 radical (unpaired) electrons. The van der Waals surface area contributed by atoms with E-state index in [1.165, 1.54) is 30.3 Å². The smallest absolute Gasteiger partial charge is 0.209 e. The number of nitrogens with one attached hydrogen (secondary N) is 1. The minimum absolute atomic E-state index is 0.172. The van der Waals surface area contributed by atoms with Crippen LogP contribution >= 0.6 is 11.6 Å². The highest BCUT2D eigenvalue weighted by Gasteiger charge is 2.05. The fourth-order valence-corrected chi connectivity index (χ4v) is 1.34. The van der Waals surface area contributed by atoms with Gasteiger partial charge in [-0.25, -0.2) is 4.39 Å². The van der Waals surface area contributed by atoms with Crippen LogP contribution in [0.25, 0.3) is 11.3 Å². The van der Waals surface area contributed by atoms with Gasteiger partial charge in [0, 0.05) is 11.6 Å². The Kier molecular flexibility index (Phi) is 2.51. The third kappa shape index (κ3) is 2.05. The van der Waals surface area contributed by atoms with Crippen molar-refractivity contribution in [3.05, 3.63) is 51.5 Å². The molecular weight excluding hydrogens is 219 g/mol. The van der Waals surface area contributed by atoms with E-state index in [1.807, 2.05) is 0 Å². The maximum absolute atomic E-state index is 12.6. The van der Waals surface area contributed by atoms with E-state index in [-0.39, 0.29) is 22.1 Å². The highest BCUT2D eigenvalue weighted by atomic mass is 35.5. The second kappa shape index (κ2) is 3.82. The van der Waals surface area contributed by atoms with Crippen molar-refractivity contribution < 1.29 is 4.39 Å². The van der Waals surface area contributed by atoms with Crippen LogP contribution in [0, 0.1) is 5.82 Å². The number of hydrogen-bond acceptors (Lipinski definition) is 2. The van der Waals surface area contributed by atoms with Gasteiger partial charge in [-0.15, -0.1) is 0 Å². The monoisotopic (exact) mass is 224 g/mol. The lowest BCUT2D eigenvalue weighted by Gasteiger charge is -1.98. The molecule has 0 unspecified atom stereocenters. The average Bonchev–Trinajstić information content (AvgIpc) is 2.20. The second-order valence-corrected chi connectivity index (χ2v) is 3.34. The van der Waals surface area contributed by atoms with Crippen molar-refractivity contribution >= 4 is 11.6 Å². The van der Waals surface area contributed by atoms with Crippen molar-refractivity contribution in [3.63, 3.8) is 0 Å². The quantitative estimate of drug-likeness (QED) is 0.808. The van der Waals surface area contributed by atoms with Gasteiger partial charge in [0.2, 0.25) is 5.43 Å². The summed E-state index contributed by atoms with van der Waals surface area (Å²) in [6, 6.07) is 6.74. The van der Waals surface area contributed by atoms with Gasteiger partial charge in [-0.05, 0) is 24.3 Å². The van der Waals surface area contributed by atoms with Crippen LogP contribution in [-0.2, 0) is 0 Å². The predicted molar refractivity (Wildman–Crippen MR) is 55.3 cm³/mol. The van der Waals surface area contributed by atoms with Gasteiger partial charge in [0.05, 0.1) is 0 Å². The van der Waals surface area contributed by atoms with Crippen LogP contribution < -0.4 is 5.43 Å². The molecule has 0 spiro atoms. The molecule has 0 saturated carbocycles. The summed E-state index contributed by atoms with van der Waals surface area (Å²) in [5, 5.41) is 6.43. The Labute approximate surface area is 89.5 Å². The molecule has 0 fully saturated rings. The highest BCUT2D eigenvalue weighted by Crippen LogP contribution is 2.13. The topological polar surface area (TPSA) is 45.8 Å². The van der Waals surface area contributed by atoms with E-state index in [1.54, 1.807) is 0 Å². The molecule has 1 N–H and O–H groups in total. The Morgan fingerprint density at radius 3 is 2.53 bits per heavy atom. The van der Waals surface area contributed by atoms with Crippen LogP contribution in [0.1, 0.15) is 0 Å². The zero-order chi connectivity index (χ0) is 10.8. The molecule has 0 atom stereocenters. The first-order chi connectivity index (χ1) is 7.16. The summed E-state index contributed by atoms with van der Waals surface area (Å²) in [7, 11) is 0. The molecule has 15 heavy (non-hydrogen) atoms. The van der Waals surface area contributed by atoms with Crippen molar-refractivity contribution in [3.8, 4) is 11.3 Å². The first kappa shape index (κ1) is 9.86. The Morgan fingerprint density at radius 2 is 1.93 bits per heavy atom. The zero-order valence-electron chi connectivity index (χ0n) is 7.50. The van der Waals surface area contributed by atoms with Crippen molar-refractivity contribution in [2.75, 3.05) is 0 Å². The first-order valence-corrected chi connectivity index (χ1v) is 4.56. The van der Waals surface area contributed by atoms with Crippen LogP contribution in [0.4, 0.5) is 4.39 Å². The summed E-state index contributed by atoms with van der Waals surface area (Å²) in [4.78, 5) is 11.5. The predicted octanol–water partition coefficient (Wildman–Crippen LogP) is 2.23. The van der Waals surface area contributed by atoms with E-state index in [2.05, 4.69) is 10.2 Å². The van der Waals surface area contributed by atoms with Crippen LogP contribution in [-0.4, -0.2) is 10.2 Å². The molecule has 0 aliphatic carbocycles. The SMILES string of the molecule is O=c1cc(Cl)[nH]nc1-c1ccc(F)cc1. The Morgan fingerprint density at radius 1 is 1.27 bits per heavy atom. The van der Waals surface area contributed by atoms with Gasteiger partial charge in [0.15, 0.2) is 0 Å². The summed E-state index contributed by atoms with van der Waals surface area (Å²) in [6.45, 7) is 0. The van der Waals surface area contributed by atoms with Crippen LogP contribution in [0.5, 0.6) is 0 Å². The maximum atomic E-state index is 12.6. The summed E-state index contributed by atoms with van der Waals surface area (Å²) in [5.41, 5.74) is 0.471. The number of H-pyrrole nitrogens is 1. The zero-order valence-corrected chi connectivity index (χ0v) is 8.25. The number of nitrogens with zero attached hydrogens (tertiary/aromatic N) is 1. The van der Waals surface area contributed by atoms with E-state index < -0.39 is 0 Å². The Bertz CT molecular complexity index is 536. The lowest BCUT2D eigenvalue weighted by atomic mass is 10.1. The van der Waals surface area contributed by atoms with Crippen LogP contribution in [0.2, 0.25) is 5.15 Å². The lowest BCUT2D eigenvalue weighted by molar-refractivity contribution is 0.628. The van der Waals surface area contributed by atoms with Crippen molar-refractivity contribution in [1.82, 2.24) is 10.2 Å². The summed E-state index contributed by atoms with van der Waals surface area (Å²) >= 11 is 5.55. The van der Waals surface area contributed by atoms with Gasteiger partial charge >= 0.3 is 0 Å². The minimum atomic E-state index is -0.357. The van der Waals surface area contributed by atoms with Crippen LogP contribution in [0.3, 0.4) is 0 Å². The van der Waals surface area contributed by atoms with E-state index in [4.69, 9.17) is 11.6 Å². The molecule has 5 heteroatoms. The summed E-state index contributed by atoms with van der Waals surface area (Å²) < 4.78 is 12.6. The van der Waals surface area contributed by atoms with Crippen molar-refractivity contribution in [2.45, 2.75) is 0 Å². The van der Waals surface area contributed by atoms with Gasteiger partial charge in [-0.3, -0.25) is 9.89 Å². The Hall–Kier alpha value is -1.68. The lowest BCUT2D eigenvalue weighted by Crippen LogP contribution is -2.07. The van der Waals surface area contributed by atoms with E-state index in [9.17, 15) is 9.18 Å². The molecule has 2 rings (SSSR count). The fraction of sp³-hybridized carbons (Fsp3) is 0. The molecule has 76 valence electrons. The number of benzene rings is 1. The number of halogens is 2. The maximum Gasteiger partial charge on any atom is 0.209 e. The number of hydrogen-bond donors (Lipinski definition) is 1. The highest BCUT2D eigenvalue weighted by molar-refractivity contribution is 6.29. The third-order valence-corrected chi connectivity index (χ3v) is 2.08. The van der Waals surface area contributed by atoms with Crippen molar-refractivity contribution in [2.24, 2.45) is 0 Å². The number of aromatic nitrogens is 2. The van der Waals surface area contributed by atoms with E-state index in [0.717, 1.165) is 0 Å². The third-order valence-electron chi connectivity index (χ3n) is 1.88.